The zero-order valence-corrected chi connectivity index (χ0v) is 3.81. The highest BCUT2D eigenvalue weighted by atomic mass is 35.5. The van der Waals surface area contributed by atoms with E-state index < -0.39 is 5.25 Å². The van der Waals surface area contributed by atoms with Crippen molar-refractivity contribution in [1.82, 2.24) is 0 Å². The van der Waals surface area contributed by atoms with Gasteiger partial charge < -0.3 is 10.2 Å². The van der Waals surface area contributed by atoms with Gasteiger partial charge in [0.05, 0.1) is 0 Å². The van der Waals surface area contributed by atoms with Crippen molar-refractivity contribution in [1.29, 1.82) is 0 Å². The Bertz CT molecular complexity index is 54.3. The van der Waals surface area contributed by atoms with Gasteiger partial charge in [0.1, 0.15) is 0 Å². The van der Waals surface area contributed by atoms with Crippen LogP contribution in [0.3, 0.4) is 0 Å². The molecule has 0 radical (unpaired) electrons. The molecule has 0 saturated carbocycles. The normalized spacial score (nSPS) is 11.2. The molecule has 0 fully saturated rings. The first-order valence-electron chi connectivity index (χ1n) is 1.33. The van der Waals surface area contributed by atoms with Gasteiger partial charge in [-0.3, -0.25) is 0 Å². The van der Waals surface area contributed by atoms with Crippen molar-refractivity contribution in [2.45, 2.75) is 5.25 Å². The summed E-state index contributed by atoms with van der Waals surface area (Å²) < 4.78 is 0. The summed E-state index contributed by atoms with van der Waals surface area (Å²) in [6.45, 7) is 3.00. The summed E-state index contributed by atoms with van der Waals surface area (Å²) in [5.74, 6) is 0. The van der Waals surface area contributed by atoms with Gasteiger partial charge in [0, 0.05) is 0 Å². The summed E-state index contributed by atoms with van der Waals surface area (Å²) in [7, 11) is 0. The molecule has 0 heterocycles. The topological polar surface area (TPSA) is 40.5 Å². The third kappa shape index (κ3) is 3.95. The molecule has 6 heavy (non-hydrogen) atoms. The van der Waals surface area contributed by atoms with Crippen LogP contribution in [0.25, 0.3) is 0 Å². The fourth-order valence-corrected chi connectivity index (χ4v) is 0. The molecule has 0 aromatic rings. The van der Waals surface area contributed by atoms with Crippen LogP contribution in [-0.2, 0) is 0 Å². The Morgan fingerprint density at radius 3 is 1.83 bits per heavy atom. The van der Waals surface area contributed by atoms with Gasteiger partial charge in [-0.15, -0.1) is 0 Å². The Morgan fingerprint density at radius 2 is 1.83 bits per heavy atom. The minimum absolute atomic E-state index is 0.814. The van der Waals surface area contributed by atoms with E-state index in [4.69, 9.17) is 21.8 Å². The molecular formula is C3H5ClO2. The van der Waals surface area contributed by atoms with Gasteiger partial charge in [-0.05, 0) is 6.08 Å². The second kappa shape index (κ2) is 1.60. The van der Waals surface area contributed by atoms with Crippen molar-refractivity contribution in [2.75, 3.05) is 0 Å². The average molecular weight is 109 g/mol. The van der Waals surface area contributed by atoms with E-state index in [0.29, 0.717) is 0 Å². The second-order valence-electron chi connectivity index (χ2n) is 0.840. The summed E-state index contributed by atoms with van der Waals surface area (Å²) in [5, 5.41) is 13.8. The molecule has 2 N–H and O–H groups in total. The van der Waals surface area contributed by atoms with Crippen molar-refractivity contribution in [3.8, 4) is 0 Å². The number of hydrogen-bond acceptors (Lipinski definition) is 2. The molecule has 0 saturated heterocycles. The Balaban J connectivity index is 3.45. The van der Waals surface area contributed by atoms with Crippen LogP contribution in [0.1, 0.15) is 0 Å². The molecule has 0 atom stereocenters. The zero-order valence-electron chi connectivity index (χ0n) is 3.06. The van der Waals surface area contributed by atoms with Crippen LogP contribution >= 0.6 is 11.6 Å². The summed E-state index contributed by atoms with van der Waals surface area (Å²) in [5.41, 5.74) is 0. The lowest BCUT2D eigenvalue weighted by Gasteiger charge is -2.02. The van der Waals surface area contributed by atoms with Crippen LogP contribution in [0.5, 0.6) is 0 Å². The van der Waals surface area contributed by atoms with Gasteiger partial charge in [-0.2, -0.15) is 0 Å². The van der Waals surface area contributed by atoms with E-state index in [1.165, 1.54) is 0 Å². The van der Waals surface area contributed by atoms with E-state index in [2.05, 4.69) is 6.58 Å². The molecule has 0 aliphatic carbocycles. The molecule has 0 aromatic carbocycles. The molecule has 3 heteroatoms. The molecule has 36 valence electrons. The third-order valence-corrected chi connectivity index (χ3v) is 0.414. The predicted octanol–water partition coefficient (Wildman–Crippen LogP) is 0.0496. The Morgan fingerprint density at radius 1 is 1.67 bits per heavy atom. The zero-order chi connectivity index (χ0) is 5.21. The molecule has 0 rings (SSSR count). The lowest BCUT2D eigenvalue weighted by Crippen LogP contribution is -2.13. The molecule has 0 aromatic heterocycles. The highest BCUT2D eigenvalue weighted by molar-refractivity contribution is 6.22. The Kier molecular flexibility index (Phi) is 1.59. The lowest BCUT2D eigenvalue weighted by molar-refractivity contribution is -0.0406. The second-order valence-corrected chi connectivity index (χ2v) is 1.40. The van der Waals surface area contributed by atoms with Crippen LogP contribution in [0, 0.1) is 0 Å². The lowest BCUT2D eigenvalue weighted by atomic mass is 10.6. The van der Waals surface area contributed by atoms with Crippen molar-refractivity contribution in [3.05, 3.63) is 12.7 Å². The highest BCUT2D eigenvalue weighted by Gasteiger charge is 2.09. The highest BCUT2D eigenvalue weighted by Crippen LogP contribution is 2.03. The fraction of sp³-hybridized carbons (Fsp3) is 0.333. The van der Waals surface area contributed by atoms with Crippen LogP contribution in [0.15, 0.2) is 12.7 Å². The maximum absolute atomic E-state index is 8.03. The smallest absolute Gasteiger partial charge is 0.263 e. The van der Waals surface area contributed by atoms with Crippen molar-refractivity contribution in [3.63, 3.8) is 0 Å². The van der Waals surface area contributed by atoms with Gasteiger partial charge in [-0.25, -0.2) is 0 Å². The molecule has 0 aliphatic heterocycles. The molecule has 0 spiro atoms. The molecule has 0 bridgehead atoms. The number of rotatable bonds is 1. The summed E-state index contributed by atoms with van der Waals surface area (Å²) in [6, 6.07) is 0. The monoisotopic (exact) mass is 108 g/mol. The SMILES string of the molecule is C=CC(O)(O)Cl. The van der Waals surface area contributed by atoms with Crippen LogP contribution in [0.2, 0.25) is 0 Å². The quantitative estimate of drug-likeness (QED) is 0.283. The number of alkyl halides is 1. The Hall–Kier alpha value is -0.0500. The number of halogens is 1. The van der Waals surface area contributed by atoms with Crippen LogP contribution < -0.4 is 0 Å². The fourth-order valence-electron chi connectivity index (χ4n) is 0. The maximum Gasteiger partial charge on any atom is 0.263 e. The van der Waals surface area contributed by atoms with Crippen LogP contribution in [-0.4, -0.2) is 15.5 Å². The maximum atomic E-state index is 8.03. The molecule has 0 aliphatic rings. The average Bonchev–Trinajstić information content (AvgIpc) is 1.35. The van der Waals surface area contributed by atoms with E-state index in [9.17, 15) is 0 Å². The van der Waals surface area contributed by atoms with Crippen molar-refractivity contribution in [2.24, 2.45) is 0 Å². The Labute approximate surface area is 40.7 Å². The molecule has 2 nitrogen and oxygen atoms in total. The minimum atomic E-state index is -2.22. The first-order chi connectivity index (χ1) is 2.56. The predicted molar refractivity (Wildman–Crippen MR) is 23.2 cm³/mol. The van der Waals surface area contributed by atoms with E-state index in [1.54, 1.807) is 0 Å². The number of hydrogen-bond donors (Lipinski definition) is 2. The standard InChI is InChI=1S/C3H5ClO2/c1-2-3(4,5)6/h2,5-6H,1H2. The van der Waals surface area contributed by atoms with Gasteiger partial charge in [0.15, 0.2) is 0 Å². The summed E-state index contributed by atoms with van der Waals surface area (Å²) in [6.07, 6.45) is 0.814. The van der Waals surface area contributed by atoms with E-state index >= 15 is 0 Å². The van der Waals surface area contributed by atoms with Gasteiger partial charge >= 0.3 is 0 Å². The first kappa shape index (κ1) is 5.95. The van der Waals surface area contributed by atoms with E-state index in [0.717, 1.165) is 6.08 Å². The number of aliphatic hydroxyl groups is 2. The van der Waals surface area contributed by atoms with E-state index in [1.807, 2.05) is 0 Å². The summed E-state index contributed by atoms with van der Waals surface area (Å²) in [4.78, 5) is 0. The van der Waals surface area contributed by atoms with Crippen molar-refractivity contribution >= 4 is 11.6 Å². The third-order valence-electron chi connectivity index (χ3n) is 0.260. The molecule has 0 amide bonds. The van der Waals surface area contributed by atoms with Gasteiger partial charge in [0.25, 0.3) is 5.25 Å². The summed E-state index contributed by atoms with van der Waals surface area (Å²) >= 11 is 4.71. The van der Waals surface area contributed by atoms with E-state index in [-0.39, 0.29) is 0 Å². The van der Waals surface area contributed by atoms with Gasteiger partial charge in [-0.1, -0.05) is 18.2 Å². The molecule has 0 unspecified atom stereocenters. The minimum Gasteiger partial charge on any atom is -0.350 e. The van der Waals surface area contributed by atoms with Crippen molar-refractivity contribution < 1.29 is 10.2 Å². The first-order valence-corrected chi connectivity index (χ1v) is 1.71. The van der Waals surface area contributed by atoms with Crippen LogP contribution in [0.4, 0.5) is 0 Å². The largest absolute Gasteiger partial charge is 0.350 e. The molecular weight excluding hydrogens is 103 g/mol. The van der Waals surface area contributed by atoms with Gasteiger partial charge in [0.2, 0.25) is 0 Å².